The molecule has 0 radical (unpaired) electrons. The highest BCUT2D eigenvalue weighted by Gasteiger charge is 2.05. The van der Waals surface area contributed by atoms with Crippen molar-refractivity contribution in [3.63, 3.8) is 0 Å². The van der Waals surface area contributed by atoms with Crippen LogP contribution in [0.15, 0.2) is 48.5 Å². The second kappa shape index (κ2) is 9.54. The normalized spacial score (nSPS) is 10.6. The Morgan fingerprint density at radius 1 is 1.04 bits per heavy atom. The van der Waals surface area contributed by atoms with Crippen LogP contribution >= 0.6 is 12.4 Å². The van der Waals surface area contributed by atoms with Gasteiger partial charge in [-0.3, -0.25) is 14.7 Å². The Morgan fingerprint density at radius 3 is 2.63 bits per heavy atom. The summed E-state index contributed by atoms with van der Waals surface area (Å²) in [6, 6.07) is 15.3. The van der Waals surface area contributed by atoms with E-state index in [1.807, 2.05) is 54.6 Å². The fraction of sp³-hybridized carbons (Fsp3) is 0.150. The number of hydrogen-bond donors (Lipinski definition) is 3. The van der Waals surface area contributed by atoms with E-state index in [0.717, 1.165) is 22.2 Å². The van der Waals surface area contributed by atoms with Crippen molar-refractivity contribution in [2.45, 2.75) is 6.92 Å². The lowest BCUT2D eigenvalue weighted by molar-refractivity contribution is -0.118. The van der Waals surface area contributed by atoms with Crippen LogP contribution in [0.2, 0.25) is 0 Å². The van der Waals surface area contributed by atoms with Gasteiger partial charge in [-0.25, -0.2) is 0 Å². The summed E-state index contributed by atoms with van der Waals surface area (Å²) in [5, 5.41) is 13.8. The van der Waals surface area contributed by atoms with Crippen LogP contribution in [-0.4, -0.2) is 35.1 Å². The van der Waals surface area contributed by atoms with Crippen molar-refractivity contribution in [3.05, 3.63) is 65.4 Å². The minimum atomic E-state index is -0.171. The number of nitrogens with one attached hydrogen (secondary N) is 3. The zero-order valence-corrected chi connectivity index (χ0v) is 15.7. The third-order valence-corrected chi connectivity index (χ3v) is 3.87. The Morgan fingerprint density at radius 2 is 1.81 bits per heavy atom. The summed E-state index contributed by atoms with van der Waals surface area (Å²) in [4.78, 5) is 23.0. The molecule has 0 atom stereocenters. The highest BCUT2D eigenvalue weighted by atomic mass is 35.5. The lowest BCUT2D eigenvalue weighted by Gasteiger charge is -2.06. The maximum atomic E-state index is 12.2. The zero-order valence-electron chi connectivity index (χ0n) is 14.9. The molecule has 0 saturated carbocycles. The first kappa shape index (κ1) is 20.2. The fourth-order valence-electron chi connectivity index (χ4n) is 2.59. The Kier molecular flexibility index (Phi) is 7.14. The van der Waals surface area contributed by atoms with E-state index in [1.165, 1.54) is 6.92 Å². The van der Waals surface area contributed by atoms with E-state index >= 15 is 0 Å². The van der Waals surface area contributed by atoms with Gasteiger partial charge in [0.2, 0.25) is 5.91 Å². The average molecular weight is 385 g/mol. The Balaban J connectivity index is 0.00000261. The van der Waals surface area contributed by atoms with E-state index in [1.54, 1.807) is 6.07 Å². The van der Waals surface area contributed by atoms with Crippen LogP contribution in [0.25, 0.3) is 23.1 Å². The highest BCUT2D eigenvalue weighted by Crippen LogP contribution is 2.17. The van der Waals surface area contributed by atoms with Crippen LogP contribution in [0.1, 0.15) is 28.5 Å². The first-order valence-corrected chi connectivity index (χ1v) is 8.37. The Labute approximate surface area is 163 Å². The quantitative estimate of drug-likeness (QED) is 0.571. The summed E-state index contributed by atoms with van der Waals surface area (Å²) in [6.07, 6.45) is 3.85. The van der Waals surface area contributed by atoms with E-state index < -0.39 is 0 Å². The topological polar surface area (TPSA) is 86.9 Å². The van der Waals surface area contributed by atoms with Gasteiger partial charge in [0.25, 0.3) is 5.91 Å². The minimum Gasteiger partial charge on any atom is -0.355 e. The molecular formula is C20H21ClN4O2. The first-order chi connectivity index (χ1) is 12.6. The molecular weight excluding hydrogens is 364 g/mol. The van der Waals surface area contributed by atoms with Crippen molar-refractivity contribution in [1.82, 2.24) is 20.8 Å². The van der Waals surface area contributed by atoms with Crippen LogP contribution < -0.4 is 10.6 Å². The van der Waals surface area contributed by atoms with Crippen LogP contribution in [0, 0.1) is 0 Å². The lowest BCUT2D eigenvalue weighted by atomic mass is 10.1. The van der Waals surface area contributed by atoms with Gasteiger partial charge < -0.3 is 10.6 Å². The lowest BCUT2D eigenvalue weighted by Crippen LogP contribution is -2.33. The molecule has 0 saturated heterocycles. The summed E-state index contributed by atoms with van der Waals surface area (Å²) < 4.78 is 0. The number of para-hydroxylation sites is 1. The van der Waals surface area contributed by atoms with Gasteiger partial charge >= 0.3 is 0 Å². The number of carbonyl (C=O) groups excluding carboxylic acids is 2. The van der Waals surface area contributed by atoms with Crippen LogP contribution in [0.4, 0.5) is 0 Å². The fourth-order valence-corrected chi connectivity index (χ4v) is 2.59. The number of amides is 2. The SMILES string of the molecule is CC(=O)NCCNC(=O)c1cccc(C=Cc2n[nH]c3ccccc23)c1.Cl. The monoisotopic (exact) mass is 384 g/mol. The van der Waals surface area contributed by atoms with Gasteiger partial charge in [-0.2, -0.15) is 5.10 Å². The van der Waals surface area contributed by atoms with Gasteiger partial charge in [-0.15, -0.1) is 12.4 Å². The molecule has 2 amide bonds. The third-order valence-electron chi connectivity index (χ3n) is 3.87. The Bertz CT molecular complexity index is 965. The van der Waals surface area contributed by atoms with Crippen LogP contribution in [0.5, 0.6) is 0 Å². The van der Waals surface area contributed by atoms with Crippen molar-refractivity contribution in [1.29, 1.82) is 0 Å². The molecule has 2 aromatic carbocycles. The second-order valence-electron chi connectivity index (χ2n) is 5.85. The van der Waals surface area contributed by atoms with E-state index in [-0.39, 0.29) is 24.2 Å². The molecule has 0 aliphatic heterocycles. The molecule has 27 heavy (non-hydrogen) atoms. The van der Waals surface area contributed by atoms with Crippen molar-refractivity contribution in [3.8, 4) is 0 Å². The van der Waals surface area contributed by atoms with E-state index in [0.29, 0.717) is 18.7 Å². The first-order valence-electron chi connectivity index (χ1n) is 8.37. The molecule has 0 aliphatic carbocycles. The van der Waals surface area contributed by atoms with Gasteiger partial charge in [0.1, 0.15) is 0 Å². The van der Waals surface area contributed by atoms with Gasteiger partial charge in [0.15, 0.2) is 0 Å². The van der Waals surface area contributed by atoms with Gasteiger partial charge in [0.05, 0.1) is 11.2 Å². The Hall–Kier alpha value is -3.12. The molecule has 0 bridgehead atoms. The van der Waals surface area contributed by atoms with E-state index in [9.17, 15) is 9.59 Å². The third kappa shape index (κ3) is 5.43. The second-order valence-corrected chi connectivity index (χ2v) is 5.85. The summed E-state index contributed by atoms with van der Waals surface area (Å²) in [6.45, 7) is 2.24. The van der Waals surface area contributed by atoms with E-state index in [4.69, 9.17) is 0 Å². The average Bonchev–Trinajstić information content (AvgIpc) is 3.07. The predicted molar refractivity (Wildman–Crippen MR) is 110 cm³/mol. The largest absolute Gasteiger partial charge is 0.355 e. The van der Waals surface area contributed by atoms with Crippen molar-refractivity contribution in [2.75, 3.05) is 13.1 Å². The molecule has 0 unspecified atom stereocenters. The number of H-pyrrole nitrogens is 1. The molecule has 3 N–H and O–H groups in total. The summed E-state index contributed by atoms with van der Waals surface area (Å²) in [5.74, 6) is -0.284. The number of fused-ring (bicyclic) bond motifs is 1. The van der Waals surface area contributed by atoms with Gasteiger partial charge in [-0.1, -0.05) is 36.4 Å². The summed E-state index contributed by atoms with van der Waals surface area (Å²) in [5.41, 5.74) is 3.32. The molecule has 140 valence electrons. The molecule has 3 aromatic rings. The number of benzene rings is 2. The van der Waals surface area contributed by atoms with Crippen LogP contribution in [0.3, 0.4) is 0 Å². The molecule has 3 rings (SSSR count). The number of hydrogen-bond acceptors (Lipinski definition) is 3. The smallest absolute Gasteiger partial charge is 0.251 e. The van der Waals surface area contributed by atoms with Gasteiger partial charge in [0, 0.05) is 31.0 Å². The molecule has 6 nitrogen and oxygen atoms in total. The minimum absolute atomic E-state index is 0. The summed E-state index contributed by atoms with van der Waals surface area (Å²) in [7, 11) is 0. The number of halogens is 1. The maximum Gasteiger partial charge on any atom is 0.251 e. The molecule has 0 aliphatic rings. The number of nitrogens with zero attached hydrogens (tertiary/aromatic N) is 1. The molecule has 0 spiro atoms. The van der Waals surface area contributed by atoms with Gasteiger partial charge in [-0.05, 0) is 29.8 Å². The molecule has 1 heterocycles. The van der Waals surface area contributed by atoms with Crippen LogP contribution in [-0.2, 0) is 4.79 Å². The van der Waals surface area contributed by atoms with E-state index in [2.05, 4.69) is 20.8 Å². The molecule has 0 fully saturated rings. The highest BCUT2D eigenvalue weighted by molar-refractivity contribution is 5.95. The zero-order chi connectivity index (χ0) is 18.4. The molecule has 7 heteroatoms. The number of aromatic amines is 1. The molecule has 1 aromatic heterocycles. The summed E-state index contributed by atoms with van der Waals surface area (Å²) >= 11 is 0. The van der Waals surface area contributed by atoms with Crippen molar-refractivity contribution >= 4 is 47.3 Å². The standard InChI is InChI=1S/C20H20N4O2.ClH/c1-14(25)21-11-12-22-20(26)16-6-4-5-15(13-16)9-10-19-17-7-2-3-8-18(17)23-24-19;/h2-10,13H,11-12H2,1H3,(H,21,25)(H,22,26)(H,23,24);1H. The number of rotatable bonds is 6. The van der Waals surface area contributed by atoms with Crippen molar-refractivity contribution < 1.29 is 9.59 Å². The number of aromatic nitrogens is 2. The number of carbonyl (C=O) groups is 2. The predicted octanol–water partition coefficient (Wildman–Crippen LogP) is 3.02. The maximum absolute atomic E-state index is 12.2. The van der Waals surface area contributed by atoms with Crippen molar-refractivity contribution in [2.24, 2.45) is 0 Å².